The molecule has 28 heavy (non-hydrogen) atoms. The second-order valence-corrected chi connectivity index (χ2v) is 6.37. The van der Waals surface area contributed by atoms with Crippen molar-refractivity contribution in [3.63, 3.8) is 0 Å². The highest BCUT2D eigenvalue weighted by Gasteiger charge is 2.43. The summed E-state index contributed by atoms with van der Waals surface area (Å²) < 4.78 is 15.7. The van der Waals surface area contributed by atoms with Crippen molar-refractivity contribution in [3.05, 3.63) is 12.7 Å². The number of aliphatic carboxylic acids is 1. The number of fused-ring (bicyclic) bond motifs is 1. The predicted molar refractivity (Wildman–Crippen MR) is 90.3 cm³/mol. The Labute approximate surface area is 156 Å². The molecule has 0 radical (unpaired) electrons. The topological polar surface area (TPSA) is 255 Å². The lowest BCUT2D eigenvalue weighted by Crippen LogP contribution is -2.33. The molecule has 1 aliphatic heterocycles. The average molecular weight is 425 g/mol. The molecular weight excluding hydrogens is 405 g/mol. The van der Waals surface area contributed by atoms with E-state index in [1.165, 1.54) is 17.2 Å². The van der Waals surface area contributed by atoms with Crippen LogP contribution in [0.5, 0.6) is 0 Å². The lowest BCUT2D eigenvalue weighted by Gasteiger charge is -2.16. The molecule has 16 heteroatoms. The third-order valence-corrected chi connectivity index (χ3v) is 3.18. The molecule has 1 saturated heterocycles. The van der Waals surface area contributed by atoms with Crippen LogP contribution in [-0.4, -0.2) is 85.5 Å². The number of hydrogen-bond donors (Lipinski definition) is 8. The molecule has 1 aliphatic rings. The highest BCUT2D eigenvalue weighted by atomic mass is 31.2. The summed E-state index contributed by atoms with van der Waals surface area (Å²) in [6.07, 6.45) is -1.42. The van der Waals surface area contributed by atoms with E-state index in [0.29, 0.717) is 11.2 Å². The zero-order valence-corrected chi connectivity index (χ0v) is 15.2. The minimum atomic E-state index is -4.64. The normalized spacial score (nSPS) is 24.1. The van der Waals surface area contributed by atoms with Gasteiger partial charge >= 0.3 is 7.82 Å². The molecule has 15 nitrogen and oxygen atoms in total. The molecule has 3 rings (SSSR count). The van der Waals surface area contributed by atoms with Crippen LogP contribution < -0.4 is 5.73 Å². The number of aliphatic hydroxyl groups is 3. The fourth-order valence-corrected chi connectivity index (χ4v) is 2.17. The highest BCUT2D eigenvalue weighted by molar-refractivity contribution is 7.45. The molecule has 0 aliphatic carbocycles. The first kappa shape index (κ1) is 23.8. The number of aromatic nitrogens is 4. The van der Waals surface area contributed by atoms with Gasteiger partial charge in [0.1, 0.15) is 30.2 Å². The standard InChI is InChI=1S/C10H13N5O4.C2H4O2.H3O4P/c11-8-5-9(13-2-12-8)15(3-14-5)10-7(18)6(17)4(1-16)19-10;1-2(3)4;1-5(2,3)4/h2-4,6-7,10,16-18H,1H2,(H2,11,12,13);1H3,(H,3,4);(H3,1,2,3,4)/t4-,6-,7-,10-;;/m1../s1. The van der Waals surface area contributed by atoms with Gasteiger partial charge in [0.15, 0.2) is 17.7 Å². The van der Waals surface area contributed by atoms with Gasteiger partial charge in [0.2, 0.25) is 0 Å². The first-order valence-corrected chi connectivity index (χ1v) is 8.96. The summed E-state index contributed by atoms with van der Waals surface area (Å²) >= 11 is 0. The number of carboxylic acids is 1. The van der Waals surface area contributed by atoms with E-state index < -0.39 is 44.9 Å². The van der Waals surface area contributed by atoms with Crippen LogP contribution in [0.2, 0.25) is 0 Å². The van der Waals surface area contributed by atoms with Crippen LogP contribution in [0.15, 0.2) is 12.7 Å². The number of carbonyl (C=O) groups is 1. The number of ether oxygens (including phenoxy) is 1. The molecule has 4 atom stereocenters. The Morgan fingerprint density at radius 2 is 1.79 bits per heavy atom. The van der Waals surface area contributed by atoms with Gasteiger partial charge in [-0.3, -0.25) is 9.36 Å². The number of phosphoric acid groups is 1. The van der Waals surface area contributed by atoms with Crippen LogP contribution in [-0.2, 0) is 14.1 Å². The van der Waals surface area contributed by atoms with E-state index in [2.05, 4.69) is 15.0 Å². The number of nitrogen functional groups attached to an aromatic ring is 1. The molecule has 3 heterocycles. The van der Waals surface area contributed by atoms with Gasteiger partial charge in [-0.05, 0) is 0 Å². The van der Waals surface area contributed by atoms with E-state index >= 15 is 0 Å². The van der Waals surface area contributed by atoms with Crippen molar-refractivity contribution in [3.8, 4) is 0 Å². The zero-order valence-electron chi connectivity index (χ0n) is 14.3. The first-order valence-electron chi connectivity index (χ1n) is 7.40. The van der Waals surface area contributed by atoms with Crippen LogP contribution in [0, 0.1) is 0 Å². The van der Waals surface area contributed by atoms with Crippen LogP contribution in [0.4, 0.5) is 5.82 Å². The summed E-state index contributed by atoms with van der Waals surface area (Å²) in [4.78, 5) is 42.5. The maximum absolute atomic E-state index is 9.95. The van der Waals surface area contributed by atoms with Crippen LogP contribution >= 0.6 is 7.82 Å². The number of hydrogen-bond acceptors (Lipinski definition) is 10. The van der Waals surface area contributed by atoms with Crippen LogP contribution in [0.1, 0.15) is 13.2 Å². The highest BCUT2D eigenvalue weighted by Crippen LogP contribution is 2.31. The van der Waals surface area contributed by atoms with Crippen molar-refractivity contribution in [2.45, 2.75) is 31.5 Å². The maximum atomic E-state index is 9.95. The van der Waals surface area contributed by atoms with Crippen molar-refractivity contribution < 1.29 is 49.2 Å². The van der Waals surface area contributed by atoms with Crippen molar-refractivity contribution in [2.24, 2.45) is 0 Å². The molecule has 9 N–H and O–H groups in total. The SMILES string of the molecule is CC(=O)O.Nc1ncnc2c1ncn2[C@@H]1O[C@H](CO)[C@@H](O)[C@H]1O.O=P(O)(O)O. The Morgan fingerprint density at radius 3 is 2.25 bits per heavy atom. The molecule has 0 aromatic carbocycles. The number of nitrogens with two attached hydrogens (primary N) is 1. The molecule has 1 fully saturated rings. The number of imidazole rings is 1. The molecule has 0 saturated carbocycles. The van der Waals surface area contributed by atoms with E-state index in [1.807, 2.05) is 0 Å². The second-order valence-electron chi connectivity index (χ2n) is 5.34. The minimum absolute atomic E-state index is 0.218. The molecule has 2 aromatic heterocycles. The van der Waals surface area contributed by atoms with E-state index in [-0.39, 0.29) is 5.82 Å². The van der Waals surface area contributed by atoms with Gasteiger partial charge in [-0.1, -0.05) is 0 Å². The molecule has 158 valence electrons. The van der Waals surface area contributed by atoms with Gasteiger partial charge in [-0.15, -0.1) is 0 Å². The maximum Gasteiger partial charge on any atom is 0.466 e. The van der Waals surface area contributed by atoms with Gasteiger partial charge < -0.3 is 45.6 Å². The molecule has 2 aromatic rings. The molecule has 0 unspecified atom stereocenters. The number of nitrogens with zero attached hydrogens (tertiary/aromatic N) is 4. The van der Waals surface area contributed by atoms with Gasteiger partial charge in [0, 0.05) is 6.92 Å². The summed E-state index contributed by atoms with van der Waals surface area (Å²) in [5, 5.41) is 36.2. The van der Waals surface area contributed by atoms with E-state index in [4.69, 9.17) is 44.7 Å². The molecule has 0 bridgehead atoms. The Kier molecular flexibility index (Phi) is 8.34. The Hall–Kier alpha value is -2.23. The summed E-state index contributed by atoms with van der Waals surface area (Å²) in [5.41, 5.74) is 6.44. The quantitative estimate of drug-likeness (QED) is 0.226. The van der Waals surface area contributed by atoms with E-state index in [1.54, 1.807) is 0 Å². The predicted octanol–water partition coefficient (Wildman–Crippen LogP) is -2.82. The molecular formula is C12H20N5O10P. The summed E-state index contributed by atoms with van der Waals surface area (Å²) in [5.74, 6) is -0.615. The smallest absolute Gasteiger partial charge is 0.466 e. The number of rotatable bonds is 2. The van der Waals surface area contributed by atoms with Gasteiger partial charge in [-0.25, -0.2) is 19.5 Å². The number of carboxylic acid groups (broad SMARTS) is 1. The fourth-order valence-electron chi connectivity index (χ4n) is 2.17. The van der Waals surface area contributed by atoms with Crippen molar-refractivity contribution in [1.82, 2.24) is 19.5 Å². The summed E-state index contributed by atoms with van der Waals surface area (Å²) in [6, 6.07) is 0. The van der Waals surface area contributed by atoms with Crippen molar-refractivity contribution in [1.29, 1.82) is 0 Å². The van der Waals surface area contributed by atoms with Gasteiger partial charge in [0.25, 0.3) is 5.97 Å². The largest absolute Gasteiger partial charge is 0.481 e. The number of anilines is 1. The third-order valence-electron chi connectivity index (χ3n) is 3.18. The van der Waals surface area contributed by atoms with Crippen LogP contribution in [0.25, 0.3) is 11.2 Å². The Balaban J connectivity index is 0.000000369. The Morgan fingerprint density at radius 1 is 1.25 bits per heavy atom. The zero-order chi connectivity index (χ0) is 21.6. The van der Waals surface area contributed by atoms with Crippen LogP contribution in [0.3, 0.4) is 0 Å². The Bertz CT molecular complexity index is 829. The van der Waals surface area contributed by atoms with Gasteiger partial charge in [-0.2, -0.15) is 0 Å². The lowest BCUT2D eigenvalue weighted by molar-refractivity contribution is -0.134. The third kappa shape index (κ3) is 6.74. The summed E-state index contributed by atoms with van der Waals surface area (Å²) in [6.45, 7) is 0.693. The average Bonchev–Trinajstić information content (AvgIpc) is 3.09. The van der Waals surface area contributed by atoms with Crippen molar-refractivity contribution in [2.75, 3.05) is 12.3 Å². The van der Waals surface area contributed by atoms with Crippen molar-refractivity contribution >= 4 is 30.8 Å². The first-order chi connectivity index (χ1) is 12.9. The molecule has 0 amide bonds. The minimum Gasteiger partial charge on any atom is -0.481 e. The number of aliphatic hydroxyl groups excluding tert-OH is 3. The van der Waals surface area contributed by atoms with Gasteiger partial charge in [0.05, 0.1) is 12.9 Å². The van der Waals surface area contributed by atoms with E-state index in [9.17, 15) is 10.2 Å². The monoisotopic (exact) mass is 425 g/mol. The molecule has 0 spiro atoms. The lowest BCUT2D eigenvalue weighted by atomic mass is 10.1. The second kappa shape index (κ2) is 9.81. The van der Waals surface area contributed by atoms with E-state index in [0.717, 1.165) is 6.92 Å². The fraction of sp³-hybridized carbons (Fsp3) is 0.500. The summed E-state index contributed by atoms with van der Waals surface area (Å²) in [7, 11) is -4.64.